The van der Waals surface area contributed by atoms with Gasteiger partial charge in [0.2, 0.25) is 0 Å². The number of anilines is 1. The number of halogens is 1. The highest BCUT2D eigenvalue weighted by Gasteiger charge is 2.40. The number of rotatable bonds is 3. The summed E-state index contributed by atoms with van der Waals surface area (Å²) in [6.45, 7) is 4.42. The molecule has 116 valence electrons. The fourth-order valence-corrected chi connectivity index (χ4v) is 4.09. The normalized spacial score (nSPS) is 24.5. The SMILES string of the molecule is CCC1CNC2(CCCC2)CN1c1ccc(OC)c(Cl)c1. The molecule has 1 aromatic rings. The van der Waals surface area contributed by atoms with Gasteiger partial charge in [-0.3, -0.25) is 0 Å². The van der Waals surface area contributed by atoms with Crippen molar-refractivity contribution in [3.05, 3.63) is 23.2 Å². The van der Waals surface area contributed by atoms with Crippen LogP contribution in [0.2, 0.25) is 5.02 Å². The van der Waals surface area contributed by atoms with Crippen LogP contribution in [0, 0.1) is 0 Å². The minimum absolute atomic E-state index is 0.318. The van der Waals surface area contributed by atoms with Gasteiger partial charge in [0.15, 0.2) is 0 Å². The molecule has 3 nitrogen and oxygen atoms in total. The lowest BCUT2D eigenvalue weighted by molar-refractivity contribution is 0.267. The Kier molecular flexibility index (Phi) is 4.32. The maximum absolute atomic E-state index is 6.32. The van der Waals surface area contributed by atoms with Crippen LogP contribution >= 0.6 is 11.6 Å². The minimum Gasteiger partial charge on any atom is -0.495 e. The number of hydrogen-bond acceptors (Lipinski definition) is 3. The molecular formula is C17H25ClN2O. The molecule has 21 heavy (non-hydrogen) atoms. The van der Waals surface area contributed by atoms with Gasteiger partial charge in [0, 0.05) is 30.4 Å². The number of benzene rings is 1. The maximum atomic E-state index is 6.32. The highest BCUT2D eigenvalue weighted by molar-refractivity contribution is 6.32. The topological polar surface area (TPSA) is 24.5 Å². The molecule has 1 aliphatic heterocycles. The molecule has 1 unspecified atom stereocenters. The zero-order valence-electron chi connectivity index (χ0n) is 13.0. The Labute approximate surface area is 132 Å². The molecule has 0 bridgehead atoms. The van der Waals surface area contributed by atoms with Gasteiger partial charge in [0.05, 0.1) is 12.1 Å². The molecule has 1 saturated carbocycles. The van der Waals surface area contributed by atoms with Gasteiger partial charge in [-0.1, -0.05) is 31.4 Å². The lowest BCUT2D eigenvalue weighted by Crippen LogP contribution is -2.63. The van der Waals surface area contributed by atoms with E-state index in [1.807, 2.05) is 6.07 Å². The molecule has 2 aliphatic rings. The zero-order valence-corrected chi connectivity index (χ0v) is 13.7. The number of ether oxygens (including phenoxy) is 1. The Bertz CT molecular complexity index is 500. The Morgan fingerprint density at radius 3 is 2.76 bits per heavy atom. The summed E-state index contributed by atoms with van der Waals surface area (Å²) in [5, 5.41) is 4.53. The zero-order chi connectivity index (χ0) is 14.9. The van der Waals surface area contributed by atoms with Crippen molar-refractivity contribution in [2.24, 2.45) is 0 Å². The Morgan fingerprint density at radius 2 is 2.14 bits per heavy atom. The summed E-state index contributed by atoms with van der Waals surface area (Å²) in [6, 6.07) is 6.72. The minimum atomic E-state index is 0.318. The Hall–Kier alpha value is -0.930. The van der Waals surface area contributed by atoms with E-state index in [9.17, 15) is 0 Å². The largest absolute Gasteiger partial charge is 0.495 e. The van der Waals surface area contributed by atoms with Crippen molar-refractivity contribution in [2.45, 2.75) is 50.6 Å². The van der Waals surface area contributed by atoms with Crippen LogP contribution in [0.3, 0.4) is 0 Å². The van der Waals surface area contributed by atoms with Gasteiger partial charge < -0.3 is 15.0 Å². The van der Waals surface area contributed by atoms with Crippen LogP contribution < -0.4 is 15.0 Å². The van der Waals surface area contributed by atoms with E-state index in [0.717, 1.165) is 25.3 Å². The molecule has 1 N–H and O–H groups in total. The van der Waals surface area contributed by atoms with Gasteiger partial charge in [0.25, 0.3) is 0 Å². The molecule has 2 fully saturated rings. The molecule has 0 aromatic heterocycles. The van der Waals surface area contributed by atoms with E-state index in [0.29, 0.717) is 16.6 Å². The summed E-state index contributed by atoms with van der Waals surface area (Å²) in [7, 11) is 1.66. The van der Waals surface area contributed by atoms with Gasteiger partial charge in [0.1, 0.15) is 5.75 Å². The Morgan fingerprint density at radius 1 is 1.38 bits per heavy atom. The maximum Gasteiger partial charge on any atom is 0.137 e. The number of piperazine rings is 1. The van der Waals surface area contributed by atoms with E-state index < -0.39 is 0 Å². The summed E-state index contributed by atoms with van der Waals surface area (Å²) >= 11 is 6.32. The fraction of sp³-hybridized carbons (Fsp3) is 0.647. The van der Waals surface area contributed by atoms with Crippen molar-refractivity contribution < 1.29 is 4.74 Å². The molecule has 0 amide bonds. The van der Waals surface area contributed by atoms with Crippen LogP contribution in [0.25, 0.3) is 0 Å². The van der Waals surface area contributed by atoms with Gasteiger partial charge >= 0.3 is 0 Å². The van der Waals surface area contributed by atoms with Gasteiger partial charge in [-0.2, -0.15) is 0 Å². The number of nitrogens with zero attached hydrogens (tertiary/aromatic N) is 1. The molecule has 1 aromatic carbocycles. The highest BCUT2D eigenvalue weighted by Crippen LogP contribution is 2.37. The average Bonchev–Trinajstić information content (AvgIpc) is 2.95. The molecule has 1 spiro atoms. The molecular weight excluding hydrogens is 284 g/mol. The average molecular weight is 309 g/mol. The molecule has 1 heterocycles. The van der Waals surface area contributed by atoms with Crippen LogP contribution in [0.5, 0.6) is 5.75 Å². The second-order valence-electron chi connectivity index (χ2n) is 6.38. The summed E-state index contributed by atoms with van der Waals surface area (Å²) in [4.78, 5) is 2.55. The van der Waals surface area contributed by atoms with E-state index in [-0.39, 0.29) is 0 Å². The van der Waals surface area contributed by atoms with Crippen LogP contribution in [-0.4, -0.2) is 31.8 Å². The van der Waals surface area contributed by atoms with E-state index >= 15 is 0 Å². The second kappa shape index (κ2) is 6.05. The van der Waals surface area contributed by atoms with Gasteiger partial charge in [-0.15, -0.1) is 0 Å². The number of nitrogens with one attached hydrogen (secondary N) is 1. The van der Waals surface area contributed by atoms with Gasteiger partial charge in [-0.05, 0) is 37.5 Å². The van der Waals surface area contributed by atoms with Crippen molar-refractivity contribution in [3.8, 4) is 5.75 Å². The van der Waals surface area contributed by atoms with E-state index in [1.165, 1.54) is 31.4 Å². The molecule has 0 radical (unpaired) electrons. The molecule has 1 atom stereocenters. The van der Waals surface area contributed by atoms with Crippen molar-refractivity contribution in [1.29, 1.82) is 0 Å². The first-order valence-electron chi connectivity index (χ1n) is 8.03. The van der Waals surface area contributed by atoms with Crippen molar-refractivity contribution in [3.63, 3.8) is 0 Å². The summed E-state index contributed by atoms with van der Waals surface area (Å²) in [5.41, 5.74) is 1.54. The van der Waals surface area contributed by atoms with Crippen LogP contribution in [-0.2, 0) is 0 Å². The van der Waals surface area contributed by atoms with Gasteiger partial charge in [-0.25, -0.2) is 0 Å². The van der Waals surface area contributed by atoms with Crippen LogP contribution in [0.15, 0.2) is 18.2 Å². The molecule has 1 saturated heterocycles. The third-order valence-corrected chi connectivity index (χ3v) is 5.42. The van der Waals surface area contributed by atoms with Crippen molar-refractivity contribution in [1.82, 2.24) is 5.32 Å². The lowest BCUT2D eigenvalue weighted by Gasteiger charge is -2.47. The number of hydrogen-bond donors (Lipinski definition) is 1. The Balaban J connectivity index is 1.87. The van der Waals surface area contributed by atoms with E-state index in [1.54, 1.807) is 7.11 Å². The summed E-state index contributed by atoms with van der Waals surface area (Å²) < 4.78 is 5.27. The third kappa shape index (κ3) is 2.86. The smallest absolute Gasteiger partial charge is 0.137 e. The fourth-order valence-electron chi connectivity index (χ4n) is 3.84. The second-order valence-corrected chi connectivity index (χ2v) is 6.78. The predicted molar refractivity (Wildman–Crippen MR) is 88.6 cm³/mol. The number of methoxy groups -OCH3 is 1. The first-order valence-corrected chi connectivity index (χ1v) is 8.40. The molecule has 1 aliphatic carbocycles. The van der Waals surface area contributed by atoms with Crippen molar-refractivity contribution in [2.75, 3.05) is 25.1 Å². The van der Waals surface area contributed by atoms with Crippen LogP contribution in [0.1, 0.15) is 39.0 Å². The van der Waals surface area contributed by atoms with Crippen molar-refractivity contribution >= 4 is 17.3 Å². The standard InChI is InChI=1S/C17H25ClN2O/c1-3-13-11-19-17(8-4-5-9-17)12-20(13)14-6-7-16(21-2)15(18)10-14/h6-7,10,13,19H,3-5,8-9,11-12H2,1-2H3. The first kappa shape index (κ1) is 15.0. The highest BCUT2D eigenvalue weighted by atomic mass is 35.5. The monoisotopic (exact) mass is 308 g/mol. The van der Waals surface area contributed by atoms with E-state index in [4.69, 9.17) is 16.3 Å². The predicted octanol–water partition coefficient (Wildman–Crippen LogP) is 3.85. The van der Waals surface area contributed by atoms with Crippen LogP contribution in [0.4, 0.5) is 5.69 Å². The summed E-state index contributed by atoms with van der Waals surface area (Å²) in [6.07, 6.45) is 6.43. The van der Waals surface area contributed by atoms with E-state index in [2.05, 4.69) is 29.3 Å². The lowest BCUT2D eigenvalue weighted by atomic mass is 9.91. The quantitative estimate of drug-likeness (QED) is 0.918. The first-order chi connectivity index (χ1) is 10.2. The third-order valence-electron chi connectivity index (χ3n) is 5.13. The molecule has 3 rings (SSSR count). The summed E-state index contributed by atoms with van der Waals surface area (Å²) in [5.74, 6) is 0.749. The molecule has 4 heteroatoms.